The Morgan fingerprint density at radius 2 is 1.09 bits per heavy atom. The minimum absolute atomic E-state index is 0.815. The lowest BCUT2D eigenvalue weighted by molar-refractivity contribution is 0.514. The summed E-state index contributed by atoms with van der Waals surface area (Å²) in [5.41, 5.74) is 11.0. The van der Waals surface area contributed by atoms with Crippen molar-refractivity contribution in [3.63, 3.8) is 0 Å². The van der Waals surface area contributed by atoms with E-state index >= 15 is 0 Å². The van der Waals surface area contributed by atoms with Gasteiger partial charge in [0.25, 0.3) is 0 Å². The molecule has 23 heavy (non-hydrogen) atoms. The Bertz CT molecular complexity index is 647. The molecule has 1 N–H and O–H groups in total. The van der Waals surface area contributed by atoms with Gasteiger partial charge in [0.1, 0.15) is 17.9 Å². The highest BCUT2D eigenvalue weighted by Gasteiger charge is 2.42. The van der Waals surface area contributed by atoms with E-state index < -0.39 is 0 Å². The third-order valence-electron chi connectivity index (χ3n) is 4.99. The highest BCUT2D eigenvalue weighted by Crippen LogP contribution is 2.45. The molecule has 0 spiro atoms. The van der Waals surface area contributed by atoms with E-state index in [2.05, 4.69) is 77.8 Å². The Hall–Kier alpha value is -1.64. The van der Waals surface area contributed by atoms with Gasteiger partial charge in [-0.15, -0.1) is 0 Å². The van der Waals surface area contributed by atoms with Crippen molar-refractivity contribution in [3.05, 3.63) is 64.3 Å². The lowest BCUT2D eigenvalue weighted by Crippen LogP contribution is -2.41. The molecule has 2 heteroatoms. The first kappa shape index (κ1) is 16.2. The molecular weight excluding hydrogens is 280 g/mol. The molecule has 0 aliphatic carbocycles. The maximum Gasteiger partial charge on any atom is 0.221 e. The molecule has 0 bridgehead atoms. The van der Waals surface area contributed by atoms with Gasteiger partial charge in [-0.2, -0.15) is 0 Å². The van der Waals surface area contributed by atoms with Crippen LogP contribution in [0.5, 0.6) is 0 Å². The summed E-state index contributed by atoms with van der Waals surface area (Å²) in [6, 6.07) is 9.25. The second-order valence-corrected chi connectivity index (χ2v) is 7.17. The van der Waals surface area contributed by atoms with Gasteiger partial charge in [-0.3, -0.25) is 5.32 Å². The van der Waals surface area contributed by atoms with Gasteiger partial charge in [-0.1, -0.05) is 35.4 Å². The highest BCUT2D eigenvalue weighted by atomic mass is 15.5. The van der Waals surface area contributed by atoms with Crippen LogP contribution >= 0.6 is 0 Å². The Labute approximate surface area is 140 Å². The molecule has 2 nitrogen and oxygen atoms in total. The van der Waals surface area contributed by atoms with Crippen LogP contribution in [-0.4, -0.2) is 13.1 Å². The van der Waals surface area contributed by atoms with E-state index in [0.717, 1.165) is 17.6 Å². The first-order valence-electron chi connectivity index (χ1n) is 8.47. The normalized spacial score (nSPS) is 16.8. The zero-order valence-corrected chi connectivity index (χ0v) is 15.2. The number of aryl methyl sites for hydroxylation is 6. The smallest absolute Gasteiger partial charge is 0.221 e. The Kier molecular flexibility index (Phi) is 4.07. The molecule has 2 aromatic rings. The van der Waals surface area contributed by atoms with Crippen LogP contribution in [0.3, 0.4) is 0 Å². The van der Waals surface area contributed by atoms with Crippen LogP contribution in [0.1, 0.15) is 33.4 Å². The molecule has 0 unspecified atom stereocenters. The largest absolute Gasteiger partial charge is 0.255 e. The third-order valence-corrected chi connectivity index (χ3v) is 4.99. The van der Waals surface area contributed by atoms with Crippen molar-refractivity contribution < 1.29 is 0 Å². The van der Waals surface area contributed by atoms with Crippen LogP contribution in [0.25, 0.3) is 0 Å². The molecule has 1 radical (unpaired) electrons. The number of hydrogen-bond acceptors (Lipinski definition) is 1. The molecule has 1 aliphatic heterocycles. The fourth-order valence-corrected chi connectivity index (χ4v) is 4.59. The van der Waals surface area contributed by atoms with E-state index in [1.165, 1.54) is 44.8 Å². The second-order valence-electron chi connectivity index (χ2n) is 7.17. The number of nitrogens with zero attached hydrogens (tertiary/aromatic N) is 1. The van der Waals surface area contributed by atoms with Crippen LogP contribution in [0.4, 0.5) is 11.4 Å². The van der Waals surface area contributed by atoms with E-state index in [0.29, 0.717) is 0 Å². The van der Waals surface area contributed by atoms with Crippen molar-refractivity contribution in [1.82, 2.24) is 9.80 Å². The summed E-state index contributed by atoms with van der Waals surface area (Å²) in [4.78, 5) is 0. The fourth-order valence-electron chi connectivity index (χ4n) is 4.59. The Morgan fingerprint density at radius 3 is 1.39 bits per heavy atom. The van der Waals surface area contributed by atoms with Crippen molar-refractivity contribution in [2.24, 2.45) is 0 Å². The summed E-state index contributed by atoms with van der Waals surface area (Å²) in [5, 5.41) is 3.50. The van der Waals surface area contributed by atoms with E-state index in [1.807, 2.05) is 0 Å². The van der Waals surface area contributed by atoms with Crippen LogP contribution in [-0.2, 0) is 0 Å². The highest BCUT2D eigenvalue weighted by molar-refractivity contribution is 5.72. The van der Waals surface area contributed by atoms with Gasteiger partial charge < -0.3 is 0 Å². The van der Waals surface area contributed by atoms with Crippen molar-refractivity contribution in [1.29, 1.82) is 0 Å². The molecule has 1 aliphatic rings. The number of hydrogen-bond donors (Lipinski definition) is 1. The first-order valence-corrected chi connectivity index (χ1v) is 8.47. The van der Waals surface area contributed by atoms with Gasteiger partial charge >= 0.3 is 0 Å². The fraction of sp³-hybridized carbons (Fsp3) is 0.381. The van der Waals surface area contributed by atoms with Crippen molar-refractivity contribution in [2.45, 2.75) is 41.5 Å². The summed E-state index contributed by atoms with van der Waals surface area (Å²) in [5.74, 6) is 0. The van der Waals surface area contributed by atoms with Gasteiger partial charge in [0, 0.05) is 22.3 Å². The first-order chi connectivity index (χ1) is 10.8. The van der Waals surface area contributed by atoms with Crippen molar-refractivity contribution >= 4 is 11.4 Å². The van der Waals surface area contributed by atoms with Gasteiger partial charge in [-0.05, 0) is 41.5 Å². The average Bonchev–Trinajstić information content (AvgIpc) is 2.85. The van der Waals surface area contributed by atoms with E-state index in [-0.39, 0.29) is 0 Å². The number of rotatable bonds is 2. The zero-order valence-electron chi connectivity index (χ0n) is 15.2. The van der Waals surface area contributed by atoms with Gasteiger partial charge in [0.2, 0.25) is 6.67 Å². The summed E-state index contributed by atoms with van der Waals surface area (Å²) >= 11 is 0. The lowest BCUT2D eigenvalue weighted by atomic mass is 9.97. The maximum absolute atomic E-state index is 3.50. The summed E-state index contributed by atoms with van der Waals surface area (Å²) < 4.78 is 0.815. The van der Waals surface area contributed by atoms with Crippen LogP contribution < -0.4 is 9.80 Å². The van der Waals surface area contributed by atoms with Gasteiger partial charge in [0.05, 0.1) is 6.54 Å². The van der Waals surface area contributed by atoms with Crippen LogP contribution in [0.2, 0.25) is 0 Å². The van der Waals surface area contributed by atoms with Gasteiger partial charge in [0.15, 0.2) is 0 Å². The molecule has 1 fully saturated rings. The second kappa shape index (κ2) is 5.77. The van der Waals surface area contributed by atoms with Crippen LogP contribution in [0.15, 0.2) is 24.3 Å². The minimum atomic E-state index is 0.815. The molecule has 0 atom stereocenters. The standard InChI is InChI=1S/C21H28N2/c1-14-9-16(3)20(17(4)10-14)23(8-7-22-13-23)21-18(5)11-15(2)12-19(21)6/h9-13,22H,7-8H2,1-6H3/q+1. The molecule has 0 saturated carbocycles. The Balaban J connectivity index is 2.32. The quantitative estimate of drug-likeness (QED) is 0.778. The van der Waals surface area contributed by atoms with Gasteiger partial charge in [-0.25, -0.2) is 4.48 Å². The number of nitrogens with one attached hydrogen (secondary N) is 1. The van der Waals surface area contributed by atoms with E-state index in [4.69, 9.17) is 0 Å². The molecule has 0 aromatic heterocycles. The Morgan fingerprint density at radius 1 is 0.696 bits per heavy atom. The molecule has 3 rings (SSSR count). The summed E-state index contributed by atoms with van der Waals surface area (Å²) in [6.07, 6.45) is 0. The lowest BCUT2D eigenvalue weighted by Gasteiger charge is -2.36. The minimum Gasteiger partial charge on any atom is -0.255 e. The van der Waals surface area contributed by atoms with E-state index in [1.54, 1.807) is 0 Å². The molecule has 2 aromatic carbocycles. The molecule has 0 amide bonds. The maximum atomic E-state index is 3.50. The number of benzene rings is 2. The monoisotopic (exact) mass is 308 g/mol. The summed E-state index contributed by atoms with van der Waals surface area (Å²) in [7, 11) is 0. The van der Waals surface area contributed by atoms with E-state index in [9.17, 15) is 0 Å². The van der Waals surface area contributed by atoms with Crippen molar-refractivity contribution in [2.75, 3.05) is 13.1 Å². The predicted octanol–water partition coefficient (Wildman–Crippen LogP) is 4.90. The summed E-state index contributed by atoms with van der Waals surface area (Å²) in [6.45, 7) is 17.7. The number of quaternary nitrogens is 1. The zero-order chi connectivity index (χ0) is 16.8. The molecule has 1 heterocycles. The molecule has 121 valence electrons. The SMILES string of the molecule is Cc1cc(C)c([N+]2(c3c(C)cc(C)cc3C)[CH]NCC2)c(C)c1. The molecular formula is C21H28N2+. The topological polar surface area (TPSA) is 12.0 Å². The molecule has 1 saturated heterocycles. The van der Waals surface area contributed by atoms with Crippen molar-refractivity contribution in [3.8, 4) is 0 Å². The average molecular weight is 308 g/mol. The third kappa shape index (κ3) is 2.60. The van der Waals surface area contributed by atoms with Crippen LogP contribution in [0, 0.1) is 48.2 Å². The predicted molar refractivity (Wildman–Crippen MR) is 99.9 cm³/mol.